The van der Waals surface area contributed by atoms with Gasteiger partial charge in [0.1, 0.15) is 11.6 Å². The molecule has 0 radical (unpaired) electrons. The average molecular weight is 374 g/mol. The Kier molecular flexibility index (Phi) is 8.06. The molecular formula is C19H30N6O2. The van der Waals surface area contributed by atoms with Crippen LogP contribution in [0.15, 0.2) is 23.2 Å². The van der Waals surface area contributed by atoms with Crippen molar-refractivity contribution in [3.63, 3.8) is 0 Å². The SMILES string of the molecule is COCCCNC(=NCc1ccc(C)cc1OC)NCc1nnc(C)n1C. The van der Waals surface area contributed by atoms with Gasteiger partial charge >= 0.3 is 0 Å². The van der Waals surface area contributed by atoms with Crippen molar-refractivity contribution >= 4 is 5.96 Å². The van der Waals surface area contributed by atoms with E-state index >= 15 is 0 Å². The second-order valence-electron chi connectivity index (χ2n) is 6.33. The molecule has 1 heterocycles. The lowest BCUT2D eigenvalue weighted by atomic mass is 10.1. The van der Waals surface area contributed by atoms with Gasteiger partial charge in [-0.1, -0.05) is 12.1 Å². The fourth-order valence-corrected chi connectivity index (χ4v) is 2.51. The monoisotopic (exact) mass is 374 g/mol. The number of hydrogen-bond donors (Lipinski definition) is 2. The molecule has 2 N–H and O–H groups in total. The van der Waals surface area contributed by atoms with Crippen molar-refractivity contribution in [2.45, 2.75) is 33.4 Å². The van der Waals surface area contributed by atoms with Crippen LogP contribution in [0.5, 0.6) is 5.75 Å². The Labute approximate surface area is 161 Å². The molecule has 27 heavy (non-hydrogen) atoms. The zero-order valence-corrected chi connectivity index (χ0v) is 16.9. The minimum atomic E-state index is 0.515. The number of methoxy groups -OCH3 is 2. The summed E-state index contributed by atoms with van der Waals surface area (Å²) in [6.45, 7) is 6.50. The van der Waals surface area contributed by atoms with Gasteiger partial charge in [-0.15, -0.1) is 10.2 Å². The second-order valence-corrected chi connectivity index (χ2v) is 6.33. The van der Waals surface area contributed by atoms with Gasteiger partial charge in [0.2, 0.25) is 0 Å². The van der Waals surface area contributed by atoms with Crippen LogP contribution in [0.4, 0.5) is 0 Å². The largest absolute Gasteiger partial charge is 0.496 e. The first-order valence-corrected chi connectivity index (χ1v) is 9.04. The van der Waals surface area contributed by atoms with E-state index in [9.17, 15) is 0 Å². The number of hydrogen-bond acceptors (Lipinski definition) is 5. The van der Waals surface area contributed by atoms with E-state index in [1.54, 1.807) is 14.2 Å². The molecule has 8 heteroatoms. The molecule has 8 nitrogen and oxygen atoms in total. The molecule has 148 valence electrons. The molecule has 0 aliphatic heterocycles. The van der Waals surface area contributed by atoms with E-state index in [0.717, 1.165) is 47.5 Å². The topological polar surface area (TPSA) is 85.6 Å². The normalized spacial score (nSPS) is 11.5. The number of benzene rings is 1. The molecular weight excluding hydrogens is 344 g/mol. The van der Waals surface area contributed by atoms with Crippen LogP contribution < -0.4 is 15.4 Å². The highest BCUT2D eigenvalue weighted by atomic mass is 16.5. The predicted molar refractivity (Wildman–Crippen MR) is 106 cm³/mol. The summed E-state index contributed by atoms with van der Waals surface area (Å²) in [5, 5.41) is 14.9. The molecule has 2 aromatic rings. The van der Waals surface area contributed by atoms with E-state index in [2.05, 4.69) is 26.9 Å². The summed E-state index contributed by atoms with van der Waals surface area (Å²) < 4.78 is 12.5. The van der Waals surface area contributed by atoms with Crippen LogP contribution in [0.3, 0.4) is 0 Å². The Bertz CT molecular complexity index is 757. The van der Waals surface area contributed by atoms with Crippen LogP contribution in [0.1, 0.15) is 29.2 Å². The molecule has 0 saturated heterocycles. The first-order chi connectivity index (χ1) is 13.0. The van der Waals surface area contributed by atoms with Crippen LogP contribution in [0.25, 0.3) is 0 Å². The number of aromatic nitrogens is 3. The summed E-state index contributed by atoms with van der Waals surface area (Å²) >= 11 is 0. The average Bonchev–Trinajstić information content (AvgIpc) is 2.99. The third kappa shape index (κ3) is 6.25. The van der Waals surface area contributed by atoms with E-state index in [1.807, 2.05) is 37.6 Å². The Hall–Kier alpha value is -2.61. The van der Waals surface area contributed by atoms with Crippen LogP contribution in [-0.4, -0.2) is 48.1 Å². The van der Waals surface area contributed by atoms with Crippen molar-refractivity contribution in [3.05, 3.63) is 41.0 Å². The number of ether oxygens (including phenoxy) is 2. The van der Waals surface area contributed by atoms with Crippen molar-refractivity contribution < 1.29 is 9.47 Å². The lowest BCUT2D eigenvalue weighted by Gasteiger charge is -2.13. The van der Waals surface area contributed by atoms with Crippen molar-refractivity contribution in [1.29, 1.82) is 0 Å². The van der Waals surface area contributed by atoms with Gasteiger partial charge in [-0.3, -0.25) is 0 Å². The van der Waals surface area contributed by atoms with E-state index in [1.165, 1.54) is 0 Å². The first-order valence-electron chi connectivity index (χ1n) is 9.04. The standard InChI is InChI=1S/C19H30N6O2/c1-14-7-8-16(17(11-14)27-5)12-21-19(20-9-6-10-26-4)22-13-18-24-23-15(2)25(18)3/h7-8,11H,6,9-10,12-13H2,1-5H3,(H2,20,21,22). The van der Waals surface area contributed by atoms with Gasteiger partial charge in [-0.25, -0.2) is 4.99 Å². The lowest BCUT2D eigenvalue weighted by molar-refractivity contribution is 0.195. The fraction of sp³-hybridized carbons (Fsp3) is 0.526. The molecule has 0 aliphatic rings. The summed E-state index contributed by atoms with van der Waals surface area (Å²) in [5.74, 6) is 3.30. The Morgan fingerprint density at radius 3 is 2.67 bits per heavy atom. The first kappa shape index (κ1) is 20.7. The van der Waals surface area contributed by atoms with E-state index in [0.29, 0.717) is 19.7 Å². The number of guanidine groups is 1. The highest BCUT2D eigenvalue weighted by Gasteiger charge is 2.07. The van der Waals surface area contributed by atoms with Crippen molar-refractivity contribution in [1.82, 2.24) is 25.4 Å². The molecule has 2 rings (SSSR count). The maximum Gasteiger partial charge on any atom is 0.191 e. The maximum atomic E-state index is 5.47. The zero-order valence-electron chi connectivity index (χ0n) is 16.9. The van der Waals surface area contributed by atoms with E-state index < -0.39 is 0 Å². The molecule has 0 fully saturated rings. The van der Waals surface area contributed by atoms with Crippen LogP contribution in [0.2, 0.25) is 0 Å². The molecule has 0 amide bonds. The number of aliphatic imine (C=N–C) groups is 1. The summed E-state index contributed by atoms with van der Waals surface area (Å²) in [6, 6.07) is 6.13. The van der Waals surface area contributed by atoms with Crippen molar-refractivity contribution in [2.24, 2.45) is 12.0 Å². The van der Waals surface area contributed by atoms with E-state index in [4.69, 9.17) is 14.5 Å². The van der Waals surface area contributed by atoms with Gasteiger partial charge in [0.15, 0.2) is 11.8 Å². The van der Waals surface area contributed by atoms with Crippen LogP contribution >= 0.6 is 0 Å². The highest BCUT2D eigenvalue weighted by molar-refractivity contribution is 5.79. The Morgan fingerprint density at radius 2 is 2.00 bits per heavy atom. The van der Waals surface area contributed by atoms with E-state index in [-0.39, 0.29) is 0 Å². The summed E-state index contributed by atoms with van der Waals surface area (Å²) in [7, 11) is 5.33. The Morgan fingerprint density at radius 1 is 1.19 bits per heavy atom. The minimum Gasteiger partial charge on any atom is -0.496 e. The van der Waals surface area contributed by atoms with Crippen molar-refractivity contribution in [3.8, 4) is 5.75 Å². The Balaban J connectivity index is 2.06. The smallest absolute Gasteiger partial charge is 0.191 e. The predicted octanol–water partition coefficient (Wildman–Crippen LogP) is 1.71. The molecule has 1 aromatic carbocycles. The molecule has 0 saturated carbocycles. The molecule has 1 aromatic heterocycles. The van der Waals surface area contributed by atoms with Gasteiger partial charge in [0, 0.05) is 32.9 Å². The molecule has 0 atom stereocenters. The maximum absolute atomic E-state index is 5.47. The summed E-state index contributed by atoms with van der Waals surface area (Å²) in [5.41, 5.74) is 2.20. The van der Waals surface area contributed by atoms with Gasteiger partial charge in [-0.2, -0.15) is 0 Å². The van der Waals surface area contributed by atoms with Gasteiger partial charge < -0.3 is 24.7 Å². The lowest BCUT2D eigenvalue weighted by Crippen LogP contribution is -2.38. The third-order valence-corrected chi connectivity index (χ3v) is 4.26. The molecule has 0 aliphatic carbocycles. The summed E-state index contributed by atoms with van der Waals surface area (Å²) in [4.78, 5) is 4.70. The van der Waals surface area contributed by atoms with Gasteiger partial charge in [0.25, 0.3) is 0 Å². The third-order valence-electron chi connectivity index (χ3n) is 4.26. The van der Waals surface area contributed by atoms with Crippen LogP contribution in [-0.2, 0) is 24.9 Å². The number of nitrogens with one attached hydrogen (secondary N) is 2. The zero-order chi connectivity index (χ0) is 19.6. The fourth-order valence-electron chi connectivity index (χ4n) is 2.51. The summed E-state index contributed by atoms with van der Waals surface area (Å²) in [6.07, 6.45) is 0.897. The molecule has 0 spiro atoms. The number of nitrogens with zero attached hydrogens (tertiary/aromatic N) is 4. The van der Waals surface area contributed by atoms with Crippen molar-refractivity contribution in [2.75, 3.05) is 27.4 Å². The minimum absolute atomic E-state index is 0.515. The van der Waals surface area contributed by atoms with Gasteiger partial charge in [-0.05, 0) is 31.9 Å². The molecule has 0 unspecified atom stereocenters. The highest BCUT2D eigenvalue weighted by Crippen LogP contribution is 2.20. The molecule has 0 bridgehead atoms. The number of aryl methyl sites for hydroxylation is 2. The quantitative estimate of drug-likeness (QED) is 0.395. The second kappa shape index (κ2) is 10.5. The number of rotatable bonds is 9. The van der Waals surface area contributed by atoms with Crippen LogP contribution in [0, 0.1) is 13.8 Å². The van der Waals surface area contributed by atoms with Gasteiger partial charge in [0.05, 0.1) is 20.2 Å².